The van der Waals surface area contributed by atoms with Crippen LogP contribution in [0.5, 0.6) is 0 Å². The van der Waals surface area contributed by atoms with Crippen LogP contribution in [-0.2, 0) is 34.2 Å². The topological polar surface area (TPSA) is 213 Å². The van der Waals surface area contributed by atoms with Crippen molar-refractivity contribution < 1.29 is 52.2 Å². The summed E-state index contributed by atoms with van der Waals surface area (Å²) in [6.45, 7) is 1.33. The number of imidazole rings is 2. The number of carbonyl (C=O) groups excluding carboxylic acids is 1. The summed E-state index contributed by atoms with van der Waals surface area (Å²) in [6, 6.07) is 16.3. The number of pyridine rings is 2. The summed E-state index contributed by atoms with van der Waals surface area (Å²) in [6.07, 6.45) is 6.40. The molecule has 7 heterocycles. The van der Waals surface area contributed by atoms with Crippen molar-refractivity contribution >= 4 is 28.3 Å². The van der Waals surface area contributed by atoms with Crippen LogP contribution in [0.3, 0.4) is 0 Å². The molecule has 1 amide bonds. The zero-order valence-electron chi connectivity index (χ0n) is 39.0. The van der Waals surface area contributed by atoms with Gasteiger partial charge in [-0.3, -0.25) is 14.2 Å². The molecular weight excluding hydrogens is 1140 g/mol. The SMILES string of the molecule is C.Cc1cc(N)c(C(=O)Nc2cccc(-c3nncn3CC(F)(F)F)n2)cc1-n1cnc(C2CC2)c1.Cc1cc2ncn(-c3cccc(-c4nncn4CC(F)(F)F)n3)c(=O)c2cc1-n1cnc(C2CC2)c1.[CH3-].[W]. The van der Waals surface area contributed by atoms with E-state index in [1.54, 1.807) is 49.1 Å². The number of nitrogen functional groups attached to an aromatic ring is 1. The number of hydrogen-bond donors (Lipinski definition) is 2. The Hall–Kier alpha value is -7.88. The molecule has 2 aliphatic carbocycles. The molecule has 0 radical (unpaired) electrons. The van der Waals surface area contributed by atoms with Gasteiger partial charge in [-0.25, -0.2) is 24.9 Å². The summed E-state index contributed by atoms with van der Waals surface area (Å²) in [5.74, 6) is 0.707. The van der Waals surface area contributed by atoms with Crippen LogP contribution in [0.15, 0.2) is 109 Å². The molecule has 74 heavy (non-hydrogen) atoms. The molecule has 384 valence electrons. The number of rotatable bonds is 11. The van der Waals surface area contributed by atoms with E-state index in [4.69, 9.17) is 5.73 Å². The van der Waals surface area contributed by atoms with Gasteiger partial charge in [-0.05, 0) is 99.2 Å². The molecule has 0 aliphatic heterocycles. The van der Waals surface area contributed by atoms with E-state index in [-0.39, 0.29) is 87.4 Å². The number of aromatic nitrogens is 14. The quantitative estimate of drug-likeness (QED) is 0.0705. The van der Waals surface area contributed by atoms with E-state index in [2.05, 4.69) is 50.6 Å². The molecule has 0 bridgehead atoms. The minimum atomic E-state index is -4.45. The van der Waals surface area contributed by atoms with Crippen LogP contribution in [0.1, 0.15) is 77.8 Å². The molecule has 0 saturated heterocycles. The Bertz CT molecular complexity index is 3530. The van der Waals surface area contributed by atoms with Gasteiger partial charge in [0.05, 0.1) is 51.9 Å². The van der Waals surface area contributed by atoms with E-state index < -0.39 is 31.3 Å². The molecule has 9 aromatic rings. The van der Waals surface area contributed by atoms with Crippen molar-refractivity contribution in [2.24, 2.45) is 0 Å². The fraction of sp³-hybridized carbons (Fsp3) is 0.265. The molecule has 0 spiro atoms. The van der Waals surface area contributed by atoms with E-state index in [9.17, 15) is 35.9 Å². The average molecular weight is 1190 g/mol. The van der Waals surface area contributed by atoms with Crippen molar-refractivity contribution in [1.82, 2.24) is 68.2 Å². The first-order valence-electron chi connectivity index (χ1n) is 22.1. The zero-order chi connectivity index (χ0) is 49.8. The third-order valence-electron chi connectivity index (χ3n) is 11.8. The monoisotopic (exact) mass is 1190 g/mol. The molecule has 0 atom stereocenters. The number of carbonyl (C=O) groups is 1. The predicted molar refractivity (Wildman–Crippen MR) is 259 cm³/mol. The second-order valence-electron chi connectivity index (χ2n) is 17.3. The number of aryl methyl sites for hydroxylation is 2. The van der Waals surface area contributed by atoms with Crippen LogP contribution >= 0.6 is 0 Å². The predicted octanol–water partition coefficient (Wildman–Crippen LogP) is 9.17. The fourth-order valence-electron chi connectivity index (χ4n) is 8.03. The minimum absolute atomic E-state index is 0. The first kappa shape index (κ1) is 53.9. The van der Waals surface area contributed by atoms with E-state index >= 15 is 0 Å². The third kappa shape index (κ3) is 11.8. The van der Waals surface area contributed by atoms with Crippen LogP contribution in [0.4, 0.5) is 37.8 Å². The summed E-state index contributed by atoms with van der Waals surface area (Å²) in [4.78, 5) is 48.6. The standard InChI is InChI=1S/C24H19F3N8O.C23H21F3N8O.CH4.CH3.W/c1-14-7-18-16(8-20(14)33-9-19(28-11-33)15-5-6-15)23(36)35(12-29-18)21-4-2-3-17(31-21)22-32-30-13-34(22)10-24(25,26)27;1-13-7-16(27)15(8-19(13)33-9-18(28-11-33)14-5-6-14)22(35)31-20-4-2-3-17(30-20)21-32-29-12-34(21)10-23(24,25)26;;;/h2-4,7-9,11-13,15H,5-6,10H2,1H3;2-4,7-9,11-12,14H,5-6,10,27H2,1H3,(H,30,31,35);1H4;1H3;/q;;;-1;. The maximum atomic E-state index is 13.5. The number of nitrogens with one attached hydrogen (secondary N) is 1. The van der Waals surface area contributed by atoms with Crippen molar-refractivity contribution in [1.29, 1.82) is 0 Å². The largest absolute Gasteiger partial charge is 0.406 e. The molecule has 3 N–H and O–H groups in total. The molecule has 7 aromatic heterocycles. The summed E-state index contributed by atoms with van der Waals surface area (Å²) < 4.78 is 84.1. The van der Waals surface area contributed by atoms with Gasteiger partial charge in [-0.15, -0.1) is 20.4 Å². The number of nitrogens with two attached hydrogens (primary N) is 1. The van der Waals surface area contributed by atoms with Gasteiger partial charge in [0, 0.05) is 51.0 Å². The van der Waals surface area contributed by atoms with Gasteiger partial charge >= 0.3 is 12.4 Å². The number of hydrogen-bond acceptors (Lipinski definition) is 12. The van der Waals surface area contributed by atoms with Gasteiger partial charge in [0.25, 0.3) is 11.5 Å². The van der Waals surface area contributed by atoms with Crippen molar-refractivity contribution in [3.05, 3.63) is 151 Å². The van der Waals surface area contributed by atoms with Crippen molar-refractivity contribution in [3.8, 4) is 40.2 Å². The van der Waals surface area contributed by atoms with Crippen LogP contribution in [-0.4, -0.2) is 86.4 Å². The van der Waals surface area contributed by atoms with Gasteiger partial charge < -0.3 is 36.7 Å². The Labute approximate surface area is 433 Å². The number of anilines is 2. The van der Waals surface area contributed by atoms with Crippen molar-refractivity contribution in [2.75, 3.05) is 11.1 Å². The van der Waals surface area contributed by atoms with E-state index in [1.165, 1.54) is 29.1 Å². The maximum Gasteiger partial charge on any atom is 0.406 e. The first-order chi connectivity index (χ1) is 33.9. The third-order valence-corrected chi connectivity index (χ3v) is 11.8. The molecule has 2 aromatic carbocycles. The summed E-state index contributed by atoms with van der Waals surface area (Å²) in [7, 11) is 0. The minimum Gasteiger partial charge on any atom is -0.398 e. The fourth-order valence-corrected chi connectivity index (χ4v) is 8.03. The normalized spacial score (nSPS) is 13.3. The van der Waals surface area contributed by atoms with Crippen molar-refractivity contribution in [3.63, 3.8) is 0 Å². The Morgan fingerprint density at radius 3 is 1.78 bits per heavy atom. The molecular formula is C49H47F6N16O2W-. The zero-order valence-corrected chi connectivity index (χ0v) is 42.0. The molecule has 25 heteroatoms. The van der Waals surface area contributed by atoms with Crippen LogP contribution in [0.25, 0.3) is 51.1 Å². The Morgan fingerprint density at radius 2 is 1.23 bits per heavy atom. The second kappa shape index (κ2) is 21.3. The molecule has 0 unspecified atom stereocenters. The number of benzene rings is 2. The van der Waals surface area contributed by atoms with Crippen LogP contribution < -0.4 is 16.6 Å². The van der Waals surface area contributed by atoms with Gasteiger partial charge in [-0.1, -0.05) is 19.6 Å². The summed E-state index contributed by atoms with van der Waals surface area (Å²) in [5.41, 5.74) is 12.6. The number of nitrogens with zero attached hydrogens (tertiary/aromatic N) is 14. The molecule has 11 rings (SSSR count). The molecule has 2 saturated carbocycles. The Kier molecular flexibility index (Phi) is 15.5. The smallest absolute Gasteiger partial charge is 0.398 e. The number of halogens is 6. The number of fused-ring (bicyclic) bond motifs is 1. The average Bonchev–Trinajstić information content (AvgIpc) is 4.10. The van der Waals surface area contributed by atoms with Gasteiger partial charge in [0.2, 0.25) is 0 Å². The first-order valence-corrected chi connectivity index (χ1v) is 22.1. The van der Waals surface area contributed by atoms with E-state index in [1.807, 2.05) is 41.4 Å². The Balaban J connectivity index is 0.000000208. The maximum absolute atomic E-state index is 13.5. The van der Waals surface area contributed by atoms with Crippen LogP contribution in [0, 0.1) is 21.3 Å². The van der Waals surface area contributed by atoms with Crippen molar-refractivity contribution in [2.45, 2.75) is 84.2 Å². The van der Waals surface area contributed by atoms with Gasteiger partial charge in [0.1, 0.15) is 55.1 Å². The molecule has 2 fully saturated rings. The van der Waals surface area contributed by atoms with Gasteiger partial charge in [0.15, 0.2) is 11.6 Å². The van der Waals surface area contributed by atoms with Crippen LogP contribution in [0.2, 0.25) is 0 Å². The number of alkyl halides is 6. The molecule has 18 nitrogen and oxygen atoms in total. The summed E-state index contributed by atoms with van der Waals surface area (Å²) in [5, 5.41) is 17.7. The van der Waals surface area contributed by atoms with E-state index in [0.717, 1.165) is 81.4 Å². The molecule has 2 aliphatic rings. The van der Waals surface area contributed by atoms with E-state index in [0.29, 0.717) is 22.7 Å². The second-order valence-corrected chi connectivity index (χ2v) is 17.3. The van der Waals surface area contributed by atoms with Gasteiger partial charge in [-0.2, -0.15) is 26.3 Å². The Morgan fingerprint density at radius 1 is 0.703 bits per heavy atom. The summed E-state index contributed by atoms with van der Waals surface area (Å²) >= 11 is 0. The number of amides is 1.